The van der Waals surface area contributed by atoms with Crippen molar-refractivity contribution in [1.29, 1.82) is 0 Å². The van der Waals surface area contributed by atoms with Gasteiger partial charge in [-0.3, -0.25) is 4.79 Å². The Morgan fingerprint density at radius 3 is 2.20 bits per heavy atom. The summed E-state index contributed by atoms with van der Waals surface area (Å²) in [6.07, 6.45) is 0. The van der Waals surface area contributed by atoms with Crippen molar-refractivity contribution in [2.75, 3.05) is 18.1 Å². The highest BCUT2D eigenvalue weighted by Gasteiger charge is 2.12. The SMILES string of the molecule is CCOC(=O)CN(Cc1ccccc1)c1ccccc1. The summed E-state index contributed by atoms with van der Waals surface area (Å²) in [7, 11) is 0. The van der Waals surface area contributed by atoms with Gasteiger partial charge in [-0.1, -0.05) is 48.5 Å². The summed E-state index contributed by atoms with van der Waals surface area (Å²) in [6.45, 7) is 3.17. The van der Waals surface area contributed by atoms with Crippen molar-refractivity contribution >= 4 is 11.7 Å². The first-order chi connectivity index (χ1) is 9.79. The molecule has 0 atom stereocenters. The molecule has 0 saturated heterocycles. The highest BCUT2D eigenvalue weighted by atomic mass is 16.5. The topological polar surface area (TPSA) is 29.5 Å². The van der Waals surface area contributed by atoms with E-state index < -0.39 is 0 Å². The summed E-state index contributed by atoms with van der Waals surface area (Å²) in [4.78, 5) is 13.8. The van der Waals surface area contributed by atoms with Crippen LogP contribution in [0, 0.1) is 0 Å². The molecule has 20 heavy (non-hydrogen) atoms. The van der Waals surface area contributed by atoms with Crippen LogP contribution in [0.15, 0.2) is 60.7 Å². The molecule has 0 radical (unpaired) electrons. The minimum atomic E-state index is -0.202. The lowest BCUT2D eigenvalue weighted by molar-refractivity contribution is -0.141. The molecule has 0 aliphatic rings. The third kappa shape index (κ3) is 4.12. The van der Waals surface area contributed by atoms with Gasteiger partial charge in [-0.25, -0.2) is 0 Å². The third-order valence-electron chi connectivity index (χ3n) is 2.96. The lowest BCUT2D eigenvalue weighted by Gasteiger charge is -2.23. The van der Waals surface area contributed by atoms with Gasteiger partial charge in [0.2, 0.25) is 0 Å². The number of rotatable bonds is 6. The average Bonchev–Trinajstić information content (AvgIpc) is 2.49. The third-order valence-corrected chi connectivity index (χ3v) is 2.96. The smallest absolute Gasteiger partial charge is 0.325 e. The summed E-state index contributed by atoms with van der Waals surface area (Å²) in [6, 6.07) is 20.0. The molecule has 2 aromatic carbocycles. The maximum atomic E-state index is 11.8. The van der Waals surface area contributed by atoms with Crippen molar-refractivity contribution in [3.05, 3.63) is 66.2 Å². The van der Waals surface area contributed by atoms with Crippen molar-refractivity contribution in [2.24, 2.45) is 0 Å². The number of esters is 1. The van der Waals surface area contributed by atoms with Crippen LogP contribution in [0.25, 0.3) is 0 Å². The number of carbonyl (C=O) groups is 1. The zero-order chi connectivity index (χ0) is 14.2. The molecule has 0 fully saturated rings. The van der Waals surface area contributed by atoms with E-state index in [-0.39, 0.29) is 12.5 Å². The van der Waals surface area contributed by atoms with Gasteiger partial charge in [0.15, 0.2) is 0 Å². The maximum absolute atomic E-state index is 11.8. The number of nitrogens with zero attached hydrogens (tertiary/aromatic N) is 1. The average molecular weight is 269 g/mol. The first-order valence-electron chi connectivity index (χ1n) is 6.79. The Kier molecular flexibility index (Phi) is 5.18. The fourth-order valence-electron chi connectivity index (χ4n) is 2.04. The second-order valence-corrected chi connectivity index (χ2v) is 4.48. The van der Waals surface area contributed by atoms with Crippen LogP contribution in [0.5, 0.6) is 0 Å². The molecule has 0 heterocycles. The zero-order valence-electron chi connectivity index (χ0n) is 11.7. The molecule has 0 aliphatic heterocycles. The number of hydrogen-bond donors (Lipinski definition) is 0. The molecule has 3 nitrogen and oxygen atoms in total. The highest BCUT2D eigenvalue weighted by Crippen LogP contribution is 2.16. The van der Waals surface area contributed by atoms with E-state index in [1.807, 2.05) is 60.4 Å². The predicted molar refractivity (Wildman–Crippen MR) is 80.6 cm³/mol. The molecule has 2 aromatic rings. The van der Waals surface area contributed by atoms with Crippen LogP contribution in [0.2, 0.25) is 0 Å². The number of para-hydroxylation sites is 1. The molecule has 0 spiro atoms. The molecule has 0 aliphatic carbocycles. The van der Waals surface area contributed by atoms with Crippen LogP contribution < -0.4 is 4.90 Å². The molecular weight excluding hydrogens is 250 g/mol. The number of benzene rings is 2. The molecule has 2 rings (SSSR count). The minimum absolute atomic E-state index is 0.202. The van der Waals surface area contributed by atoms with Gasteiger partial charge in [0.25, 0.3) is 0 Å². The minimum Gasteiger partial charge on any atom is -0.465 e. The van der Waals surface area contributed by atoms with Crippen molar-refractivity contribution in [1.82, 2.24) is 0 Å². The Hall–Kier alpha value is -2.29. The van der Waals surface area contributed by atoms with Gasteiger partial charge in [0.1, 0.15) is 6.54 Å². The van der Waals surface area contributed by atoms with E-state index in [2.05, 4.69) is 12.1 Å². The van der Waals surface area contributed by atoms with Crippen molar-refractivity contribution < 1.29 is 9.53 Å². The molecule has 0 N–H and O–H groups in total. The predicted octanol–water partition coefficient (Wildman–Crippen LogP) is 3.26. The second-order valence-electron chi connectivity index (χ2n) is 4.48. The van der Waals surface area contributed by atoms with Crippen molar-refractivity contribution in [3.63, 3.8) is 0 Å². The van der Waals surface area contributed by atoms with E-state index in [4.69, 9.17) is 4.74 Å². The number of hydrogen-bond acceptors (Lipinski definition) is 3. The van der Waals surface area contributed by atoms with Gasteiger partial charge < -0.3 is 9.64 Å². The summed E-state index contributed by atoms with van der Waals surface area (Å²) in [5.41, 5.74) is 2.19. The summed E-state index contributed by atoms with van der Waals surface area (Å²) in [5, 5.41) is 0. The van der Waals surface area contributed by atoms with Crippen LogP contribution >= 0.6 is 0 Å². The van der Waals surface area contributed by atoms with Crippen molar-refractivity contribution in [2.45, 2.75) is 13.5 Å². The summed E-state index contributed by atoms with van der Waals surface area (Å²) >= 11 is 0. The highest BCUT2D eigenvalue weighted by molar-refractivity contribution is 5.75. The first-order valence-corrected chi connectivity index (χ1v) is 6.79. The fraction of sp³-hybridized carbons (Fsp3) is 0.235. The molecule has 0 bridgehead atoms. The fourth-order valence-corrected chi connectivity index (χ4v) is 2.04. The molecular formula is C17H19NO2. The Labute approximate surface area is 119 Å². The summed E-state index contributed by atoms with van der Waals surface area (Å²) < 4.78 is 5.05. The van der Waals surface area contributed by atoms with E-state index in [1.165, 1.54) is 5.56 Å². The van der Waals surface area contributed by atoms with Gasteiger partial charge in [-0.05, 0) is 24.6 Å². The van der Waals surface area contributed by atoms with E-state index in [0.717, 1.165) is 5.69 Å². The van der Waals surface area contributed by atoms with Gasteiger partial charge in [0, 0.05) is 12.2 Å². The number of anilines is 1. The Bertz CT molecular complexity index is 525. The molecule has 104 valence electrons. The van der Waals surface area contributed by atoms with E-state index in [0.29, 0.717) is 13.2 Å². The zero-order valence-corrected chi connectivity index (χ0v) is 11.7. The van der Waals surface area contributed by atoms with Crippen LogP contribution in [0.4, 0.5) is 5.69 Å². The van der Waals surface area contributed by atoms with Gasteiger partial charge >= 0.3 is 5.97 Å². The van der Waals surface area contributed by atoms with E-state index >= 15 is 0 Å². The van der Waals surface area contributed by atoms with Gasteiger partial charge in [-0.15, -0.1) is 0 Å². The van der Waals surface area contributed by atoms with Crippen LogP contribution in [-0.2, 0) is 16.1 Å². The van der Waals surface area contributed by atoms with Gasteiger partial charge in [0.05, 0.1) is 6.61 Å². The summed E-state index contributed by atoms with van der Waals surface area (Å²) in [5.74, 6) is -0.202. The van der Waals surface area contributed by atoms with Crippen LogP contribution in [-0.4, -0.2) is 19.1 Å². The van der Waals surface area contributed by atoms with E-state index in [9.17, 15) is 4.79 Å². The molecule has 0 saturated carbocycles. The lowest BCUT2D eigenvalue weighted by atomic mass is 10.2. The number of carbonyl (C=O) groups excluding carboxylic acids is 1. The standard InChI is InChI=1S/C17H19NO2/c1-2-20-17(19)14-18(16-11-7-4-8-12-16)13-15-9-5-3-6-10-15/h3-12H,2,13-14H2,1H3. The first kappa shape index (κ1) is 14.1. The van der Waals surface area contributed by atoms with Gasteiger partial charge in [-0.2, -0.15) is 0 Å². The molecule has 0 unspecified atom stereocenters. The van der Waals surface area contributed by atoms with Crippen molar-refractivity contribution in [3.8, 4) is 0 Å². The molecule has 3 heteroatoms. The Morgan fingerprint density at radius 2 is 1.60 bits per heavy atom. The molecule has 0 amide bonds. The Morgan fingerprint density at radius 1 is 1.00 bits per heavy atom. The van der Waals surface area contributed by atoms with E-state index in [1.54, 1.807) is 0 Å². The number of ether oxygens (including phenoxy) is 1. The monoisotopic (exact) mass is 269 g/mol. The van der Waals surface area contributed by atoms with Crippen LogP contribution in [0.1, 0.15) is 12.5 Å². The largest absolute Gasteiger partial charge is 0.465 e. The molecule has 0 aromatic heterocycles. The second kappa shape index (κ2) is 7.34. The Balaban J connectivity index is 2.14. The quantitative estimate of drug-likeness (QED) is 0.754. The maximum Gasteiger partial charge on any atom is 0.325 e. The normalized spacial score (nSPS) is 10.1. The van der Waals surface area contributed by atoms with Crippen LogP contribution in [0.3, 0.4) is 0 Å². The lowest BCUT2D eigenvalue weighted by Crippen LogP contribution is -2.30.